The molecular formula is C17H11Cl2NO. The number of nitrogens with zero attached hydrogens (tertiary/aromatic N) is 1. The van der Waals surface area contributed by atoms with Crippen LogP contribution >= 0.6 is 23.2 Å². The average molecular weight is 316 g/mol. The van der Waals surface area contributed by atoms with E-state index in [9.17, 15) is 10.1 Å². The number of nitriles is 1. The van der Waals surface area contributed by atoms with Crippen molar-refractivity contribution in [3.63, 3.8) is 0 Å². The van der Waals surface area contributed by atoms with Crippen molar-refractivity contribution in [2.45, 2.75) is 18.3 Å². The minimum Gasteiger partial charge on any atom is -0.297 e. The first-order chi connectivity index (χ1) is 10.1. The number of carbonyl (C=O) groups excluding carboxylic acids is 1. The minimum atomic E-state index is -0.854. The first-order valence-corrected chi connectivity index (χ1v) is 7.33. The van der Waals surface area contributed by atoms with Gasteiger partial charge in [0.05, 0.1) is 6.07 Å². The van der Waals surface area contributed by atoms with Crippen molar-refractivity contribution in [2.75, 3.05) is 0 Å². The Balaban J connectivity index is 1.92. The van der Waals surface area contributed by atoms with E-state index >= 15 is 0 Å². The largest absolute Gasteiger partial charge is 0.297 e. The second-order valence-electron chi connectivity index (χ2n) is 5.09. The number of Topliss-reactive ketones (excluding diaryl/α,β-unsaturated/α-hetero) is 1. The zero-order valence-electron chi connectivity index (χ0n) is 11.0. The molecule has 0 spiro atoms. The molecule has 2 unspecified atom stereocenters. The van der Waals surface area contributed by atoms with Gasteiger partial charge in [-0.2, -0.15) is 5.26 Å². The third kappa shape index (κ3) is 2.44. The molecule has 0 aromatic heterocycles. The lowest BCUT2D eigenvalue weighted by Gasteiger charge is -2.30. The fourth-order valence-electron chi connectivity index (χ4n) is 2.74. The monoisotopic (exact) mass is 315 g/mol. The lowest BCUT2D eigenvalue weighted by molar-refractivity contribution is -0.121. The second-order valence-corrected chi connectivity index (χ2v) is 5.93. The Kier molecular flexibility index (Phi) is 3.71. The van der Waals surface area contributed by atoms with Gasteiger partial charge in [0.15, 0.2) is 5.78 Å². The molecule has 21 heavy (non-hydrogen) atoms. The summed E-state index contributed by atoms with van der Waals surface area (Å²) in [5.41, 5.74) is 2.72. The van der Waals surface area contributed by atoms with Gasteiger partial charge in [-0.05, 0) is 35.2 Å². The molecular weight excluding hydrogens is 305 g/mol. The van der Waals surface area contributed by atoms with E-state index in [0.717, 1.165) is 5.56 Å². The smallest absolute Gasteiger partial charge is 0.162 e. The van der Waals surface area contributed by atoms with Crippen molar-refractivity contribution >= 4 is 29.0 Å². The van der Waals surface area contributed by atoms with Gasteiger partial charge in [0.1, 0.15) is 5.92 Å². The van der Waals surface area contributed by atoms with Gasteiger partial charge in [0.25, 0.3) is 0 Å². The fourth-order valence-corrected chi connectivity index (χ4v) is 3.25. The molecule has 104 valence electrons. The first kappa shape index (κ1) is 14.1. The van der Waals surface area contributed by atoms with E-state index in [4.69, 9.17) is 23.2 Å². The van der Waals surface area contributed by atoms with Gasteiger partial charge >= 0.3 is 0 Å². The second kappa shape index (κ2) is 5.52. The van der Waals surface area contributed by atoms with E-state index in [0.29, 0.717) is 22.0 Å². The lowest BCUT2D eigenvalue weighted by atomic mass is 9.71. The van der Waals surface area contributed by atoms with Crippen molar-refractivity contribution in [1.82, 2.24) is 0 Å². The standard InChI is InChI=1S/C17H11Cl2NO/c18-11-5-6-13(16(19)8-11)15(9-20)17(21)14-7-10-3-1-2-4-12(10)14/h1-6,8,14-15H,7H2. The number of carbonyl (C=O) groups is 1. The zero-order valence-corrected chi connectivity index (χ0v) is 12.5. The summed E-state index contributed by atoms with van der Waals surface area (Å²) >= 11 is 12.0. The number of benzene rings is 2. The van der Waals surface area contributed by atoms with Crippen LogP contribution in [0, 0.1) is 11.3 Å². The lowest BCUT2D eigenvalue weighted by Crippen LogP contribution is -2.29. The zero-order chi connectivity index (χ0) is 15.0. The summed E-state index contributed by atoms with van der Waals surface area (Å²) in [5.74, 6) is -1.16. The minimum absolute atomic E-state index is 0.0968. The normalized spacial score (nSPS) is 17.3. The molecule has 1 aliphatic carbocycles. The Morgan fingerprint density at radius 2 is 2.00 bits per heavy atom. The quantitative estimate of drug-likeness (QED) is 0.836. The maximum Gasteiger partial charge on any atom is 0.162 e. The van der Waals surface area contributed by atoms with Crippen LogP contribution in [0.3, 0.4) is 0 Å². The van der Waals surface area contributed by atoms with E-state index in [1.807, 2.05) is 24.3 Å². The molecule has 0 fully saturated rings. The molecule has 1 aliphatic rings. The van der Waals surface area contributed by atoms with Crippen LogP contribution in [0.5, 0.6) is 0 Å². The summed E-state index contributed by atoms with van der Waals surface area (Å²) < 4.78 is 0. The average Bonchev–Trinajstić information content (AvgIpc) is 2.43. The van der Waals surface area contributed by atoms with E-state index < -0.39 is 5.92 Å². The van der Waals surface area contributed by atoms with Crippen LogP contribution in [-0.4, -0.2) is 5.78 Å². The molecule has 2 nitrogen and oxygen atoms in total. The number of rotatable bonds is 3. The topological polar surface area (TPSA) is 40.9 Å². The molecule has 4 heteroatoms. The Labute approximate surface area is 132 Å². The van der Waals surface area contributed by atoms with Crippen LogP contribution in [0.1, 0.15) is 28.5 Å². The summed E-state index contributed by atoms with van der Waals surface area (Å²) in [7, 11) is 0. The van der Waals surface area contributed by atoms with Crippen LogP contribution in [0.4, 0.5) is 0 Å². The van der Waals surface area contributed by atoms with Gasteiger partial charge in [0.2, 0.25) is 0 Å². The Hall–Kier alpha value is -1.82. The van der Waals surface area contributed by atoms with Gasteiger partial charge in [-0.25, -0.2) is 0 Å². The van der Waals surface area contributed by atoms with Crippen molar-refractivity contribution in [1.29, 1.82) is 5.26 Å². The van der Waals surface area contributed by atoms with Crippen LogP contribution in [0.25, 0.3) is 0 Å². The Bertz CT molecular complexity index is 764. The molecule has 3 rings (SSSR count). The van der Waals surface area contributed by atoms with Gasteiger partial charge < -0.3 is 0 Å². The number of hydrogen-bond donors (Lipinski definition) is 0. The molecule has 2 aromatic rings. The van der Waals surface area contributed by atoms with Gasteiger partial charge in [-0.15, -0.1) is 0 Å². The van der Waals surface area contributed by atoms with Crippen LogP contribution in [0.15, 0.2) is 42.5 Å². The van der Waals surface area contributed by atoms with E-state index in [1.54, 1.807) is 18.2 Å². The maximum absolute atomic E-state index is 12.6. The summed E-state index contributed by atoms with van der Waals surface area (Å²) in [6.45, 7) is 0. The highest BCUT2D eigenvalue weighted by Gasteiger charge is 2.37. The van der Waals surface area contributed by atoms with Gasteiger partial charge in [0, 0.05) is 16.0 Å². The van der Waals surface area contributed by atoms with E-state index in [-0.39, 0.29) is 11.7 Å². The van der Waals surface area contributed by atoms with Crippen LogP contribution < -0.4 is 0 Å². The third-order valence-electron chi connectivity index (χ3n) is 3.89. The molecule has 0 saturated carbocycles. The fraction of sp³-hybridized carbons (Fsp3) is 0.176. The van der Waals surface area contributed by atoms with Crippen molar-refractivity contribution in [3.8, 4) is 6.07 Å². The van der Waals surface area contributed by atoms with Gasteiger partial charge in [-0.3, -0.25) is 4.79 Å². The first-order valence-electron chi connectivity index (χ1n) is 6.58. The number of ketones is 1. The molecule has 0 heterocycles. The highest BCUT2D eigenvalue weighted by molar-refractivity contribution is 6.35. The van der Waals surface area contributed by atoms with E-state index in [2.05, 4.69) is 6.07 Å². The molecule has 0 bridgehead atoms. The Morgan fingerprint density at radius 3 is 2.67 bits per heavy atom. The number of halogens is 2. The summed E-state index contributed by atoms with van der Waals surface area (Å²) in [4.78, 5) is 12.6. The summed E-state index contributed by atoms with van der Waals surface area (Å²) in [5, 5.41) is 10.2. The maximum atomic E-state index is 12.6. The molecule has 2 aromatic carbocycles. The van der Waals surface area contributed by atoms with Crippen molar-refractivity contribution in [3.05, 3.63) is 69.2 Å². The van der Waals surface area contributed by atoms with Crippen molar-refractivity contribution < 1.29 is 4.79 Å². The van der Waals surface area contributed by atoms with Gasteiger partial charge in [-0.1, -0.05) is 53.5 Å². The van der Waals surface area contributed by atoms with E-state index in [1.165, 1.54) is 5.56 Å². The highest BCUT2D eigenvalue weighted by Crippen LogP contribution is 2.40. The SMILES string of the molecule is N#CC(C(=O)C1Cc2ccccc21)c1ccc(Cl)cc1Cl. The number of fused-ring (bicyclic) bond motifs is 1. The summed E-state index contributed by atoms with van der Waals surface area (Å²) in [6, 6.07) is 14.8. The molecule has 0 saturated heterocycles. The molecule has 0 N–H and O–H groups in total. The molecule has 0 radical (unpaired) electrons. The predicted molar refractivity (Wildman–Crippen MR) is 82.7 cm³/mol. The van der Waals surface area contributed by atoms with Crippen molar-refractivity contribution in [2.24, 2.45) is 0 Å². The highest BCUT2D eigenvalue weighted by atomic mass is 35.5. The predicted octanol–water partition coefficient (Wildman–Crippen LogP) is 4.51. The third-order valence-corrected chi connectivity index (χ3v) is 4.45. The van der Waals surface area contributed by atoms with Crippen LogP contribution in [-0.2, 0) is 11.2 Å². The molecule has 0 aliphatic heterocycles. The summed E-state index contributed by atoms with van der Waals surface area (Å²) in [6.07, 6.45) is 0.693. The molecule has 0 amide bonds. The Morgan fingerprint density at radius 1 is 1.24 bits per heavy atom. The van der Waals surface area contributed by atoms with Crippen LogP contribution in [0.2, 0.25) is 10.0 Å². The number of hydrogen-bond acceptors (Lipinski definition) is 2. The molecule has 2 atom stereocenters.